The van der Waals surface area contributed by atoms with Crippen molar-refractivity contribution >= 4 is 12.0 Å². The molecule has 0 saturated heterocycles. The lowest BCUT2D eigenvalue weighted by Crippen LogP contribution is -2.47. The van der Waals surface area contributed by atoms with Gasteiger partial charge in [-0.25, -0.2) is 9.59 Å². The number of carbonyl (C=O) groups is 2. The number of hydrogen-bond acceptors (Lipinski definition) is 2. The van der Waals surface area contributed by atoms with Crippen molar-refractivity contribution in [3.8, 4) is 0 Å². The molecule has 0 aromatic heterocycles. The molecule has 0 radical (unpaired) electrons. The minimum Gasteiger partial charge on any atom is -0.480 e. The SMILES string of the molecule is C=CCN(C)C(=O)N(C)C(CC)C(=O)O. The van der Waals surface area contributed by atoms with Crippen LogP contribution in [0.3, 0.4) is 0 Å². The van der Waals surface area contributed by atoms with E-state index in [0.29, 0.717) is 13.0 Å². The van der Waals surface area contributed by atoms with Crippen molar-refractivity contribution in [2.24, 2.45) is 0 Å². The lowest BCUT2D eigenvalue weighted by atomic mass is 10.2. The summed E-state index contributed by atoms with van der Waals surface area (Å²) in [5.74, 6) is -0.986. The first-order chi connectivity index (χ1) is 6.95. The molecule has 0 aromatic carbocycles. The summed E-state index contributed by atoms with van der Waals surface area (Å²) in [4.78, 5) is 25.1. The molecule has 0 aliphatic carbocycles. The van der Waals surface area contributed by atoms with Crippen molar-refractivity contribution < 1.29 is 14.7 Å². The topological polar surface area (TPSA) is 60.9 Å². The molecule has 0 aliphatic rings. The summed E-state index contributed by atoms with van der Waals surface area (Å²) in [6, 6.07) is -1.09. The molecule has 5 heteroatoms. The van der Waals surface area contributed by atoms with Crippen LogP contribution in [0.15, 0.2) is 12.7 Å². The van der Waals surface area contributed by atoms with Crippen molar-refractivity contribution in [2.45, 2.75) is 19.4 Å². The number of carboxylic acids is 1. The number of rotatable bonds is 5. The van der Waals surface area contributed by atoms with Gasteiger partial charge in [-0.3, -0.25) is 0 Å². The van der Waals surface area contributed by atoms with E-state index in [1.54, 1.807) is 20.0 Å². The number of carboxylic acid groups (broad SMARTS) is 1. The molecule has 0 saturated carbocycles. The van der Waals surface area contributed by atoms with Gasteiger partial charge < -0.3 is 14.9 Å². The largest absolute Gasteiger partial charge is 0.480 e. The van der Waals surface area contributed by atoms with E-state index in [2.05, 4.69) is 6.58 Å². The Hall–Kier alpha value is -1.52. The highest BCUT2D eigenvalue weighted by Gasteiger charge is 2.26. The first-order valence-electron chi connectivity index (χ1n) is 4.77. The van der Waals surface area contributed by atoms with Gasteiger partial charge in [0.05, 0.1) is 0 Å². The van der Waals surface area contributed by atoms with Gasteiger partial charge in [-0.15, -0.1) is 6.58 Å². The summed E-state index contributed by atoms with van der Waals surface area (Å²) < 4.78 is 0. The molecule has 2 amide bonds. The molecule has 86 valence electrons. The van der Waals surface area contributed by atoms with E-state index < -0.39 is 12.0 Å². The normalized spacial score (nSPS) is 11.7. The highest BCUT2D eigenvalue weighted by Crippen LogP contribution is 2.05. The Balaban J connectivity index is 4.53. The monoisotopic (exact) mass is 214 g/mol. The molecule has 5 nitrogen and oxygen atoms in total. The fourth-order valence-corrected chi connectivity index (χ4v) is 1.29. The maximum Gasteiger partial charge on any atom is 0.326 e. The van der Waals surface area contributed by atoms with Gasteiger partial charge in [-0.05, 0) is 6.42 Å². The molecule has 1 unspecified atom stereocenters. The third kappa shape index (κ3) is 3.61. The third-order valence-electron chi connectivity index (χ3n) is 2.17. The lowest BCUT2D eigenvalue weighted by Gasteiger charge is -2.28. The zero-order valence-electron chi connectivity index (χ0n) is 9.43. The first-order valence-corrected chi connectivity index (χ1v) is 4.77. The molecule has 0 bridgehead atoms. The summed E-state index contributed by atoms with van der Waals surface area (Å²) in [5, 5.41) is 8.87. The standard InChI is InChI=1S/C10H18N2O3/c1-5-7-11(3)10(15)12(4)8(6-2)9(13)14/h5,8H,1,6-7H2,2-4H3,(H,13,14). The molecule has 0 spiro atoms. The molecule has 15 heavy (non-hydrogen) atoms. The van der Waals surface area contributed by atoms with Crippen molar-refractivity contribution in [3.63, 3.8) is 0 Å². The van der Waals surface area contributed by atoms with E-state index in [1.807, 2.05) is 0 Å². The number of urea groups is 1. The molecule has 0 aliphatic heterocycles. The average Bonchev–Trinajstić information content (AvgIpc) is 2.17. The maximum absolute atomic E-state index is 11.7. The third-order valence-corrected chi connectivity index (χ3v) is 2.17. The second-order valence-electron chi connectivity index (χ2n) is 3.32. The number of nitrogens with zero attached hydrogens (tertiary/aromatic N) is 2. The predicted molar refractivity (Wildman–Crippen MR) is 57.7 cm³/mol. The average molecular weight is 214 g/mol. The van der Waals surface area contributed by atoms with Crippen LogP contribution < -0.4 is 0 Å². The molecular weight excluding hydrogens is 196 g/mol. The highest BCUT2D eigenvalue weighted by molar-refractivity contribution is 5.82. The first kappa shape index (κ1) is 13.5. The van der Waals surface area contributed by atoms with Crippen LogP contribution in [-0.4, -0.2) is 53.6 Å². The number of amides is 2. The molecule has 0 fully saturated rings. The van der Waals surface area contributed by atoms with E-state index in [1.165, 1.54) is 16.8 Å². The van der Waals surface area contributed by atoms with Crippen LogP contribution in [0.4, 0.5) is 4.79 Å². The van der Waals surface area contributed by atoms with Crippen molar-refractivity contribution in [1.82, 2.24) is 9.80 Å². The molecular formula is C10H18N2O3. The fraction of sp³-hybridized carbons (Fsp3) is 0.600. The van der Waals surface area contributed by atoms with Crippen molar-refractivity contribution in [1.29, 1.82) is 0 Å². The van der Waals surface area contributed by atoms with Gasteiger partial charge >= 0.3 is 12.0 Å². The molecule has 0 rings (SSSR count). The Kier molecular flexibility index (Phi) is 5.44. The highest BCUT2D eigenvalue weighted by atomic mass is 16.4. The van der Waals surface area contributed by atoms with E-state index in [4.69, 9.17) is 5.11 Å². The van der Waals surface area contributed by atoms with Gasteiger partial charge in [0.15, 0.2) is 0 Å². The Bertz CT molecular complexity index is 253. The summed E-state index contributed by atoms with van der Waals surface area (Å²) >= 11 is 0. The van der Waals surface area contributed by atoms with Crippen LogP contribution in [-0.2, 0) is 4.79 Å². The van der Waals surface area contributed by atoms with Crippen LogP contribution >= 0.6 is 0 Å². The molecule has 0 aromatic rings. The zero-order chi connectivity index (χ0) is 12.0. The van der Waals surface area contributed by atoms with E-state index in [-0.39, 0.29) is 6.03 Å². The van der Waals surface area contributed by atoms with Gasteiger partial charge in [0, 0.05) is 20.6 Å². The second kappa shape index (κ2) is 6.06. The van der Waals surface area contributed by atoms with Gasteiger partial charge in [-0.2, -0.15) is 0 Å². The molecule has 1 atom stereocenters. The predicted octanol–water partition coefficient (Wildman–Crippen LogP) is 1.02. The van der Waals surface area contributed by atoms with E-state index in [9.17, 15) is 9.59 Å². The summed E-state index contributed by atoms with van der Waals surface area (Å²) in [6.07, 6.45) is 1.98. The minimum absolute atomic E-state index is 0.316. The van der Waals surface area contributed by atoms with Gasteiger partial charge in [0.1, 0.15) is 6.04 Å². The summed E-state index contributed by atoms with van der Waals surface area (Å²) in [7, 11) is 3.10. The summed E-state index contributed by atoms with van der Waals surface area (Å²) in [5.41, 5.74) is 0. The Morgan fingerprint density at radius 1 is 1.47 bits per heavy atom. The van der Waals surface area contributed by atoms with Crippen LogP contribution in [0.5, 0.6) is 0 Å². The maximum atomic E-state index is 11.7. The number of likely N-dealkylation sites (N-methyl/N-ethyl adjacent to an activating group) is 2. The van der Waals surface area contributed by atoms with Crippen LogP contribution in [0.25, 0.3) is 0 Å². The van der Waals surface area contributed by atoms with Crippen LogP contribution in [0.2, 0.25) is 0 Å². The van der Waals surface area contributed by atoms with Crippen LogP contribution in [0, 0.1) is 0 Å². The van der Waals surface area contributed by atoms with Gasteiger partial charge in [0.2, 0.25) is 0 Å². The van der Waals surface area contributed by atoms with Gasteiger partial charge in [-0.1, -0.05) is 13.0 Å². The Labute approximate surface area is 90.0 Å². The number of aliphatic carboxylic acids is 1. The lowest BCUT2D eigenvalue weighted by molar-refractivity contribution is -0.142. The molecule has 1 N–H and O–H groups in total. The van der Waals surface area contributed by atoms with E-state index >= 15 is 0 Å². The van der Waals surface area contributed by atoms with Crippen molar-refractivity contribution in [2.75, 3.05) is 20.6 Å². The minimum atomic E-state index is -0.986. The fourth-order valence-electron chi connectivity index (χ4n) is 1.29. The van der Waals surface area contributed by atoms with Gasteiger partial charge in [0.25, 0.3) is 0 Å². The van der Waals surface area contributed by atoms with Crippen molar-refractivity contribution in [3.05, 3.63) is 12.7 Å². The zero-order valence-corrected chi connectivity index (χ0v) is 9.43. The number of carbonyl (C=O) groups excluding carboxylic acids is 1. The smallest absolute Gasteiger partial charge is 0.326 e. The Morgan fingerprint density at radius 2 is 2.00 bits per heavy atom. The second-order valence-corrected chi connectivity index (χ2v) is 3.32. The quantitative estimate of drug-likeness (QED) is 0.695. The van der Waals surface area contributed by atoms with Crippen LogP contribution in [0.1, 0.15) is 13.3 Å². The van der Waals surface area contributed by atoms with E-state index in [0.717, 1.165) is 0 Å². The molecule has 0 heterocycles. The summed E-state index contributed by atoms with van der Waals surface area (Å²) in [6.45, 7) is 5.65. The number of hydrogen-bond donors (Lipinski definition) is 1. The Morgan fingerprint density at radius 3 is 2.33 bits per heavy atom.